The molecule has 2 unspecified atom stereocenters. The number of halogens is 2. The van der Waals surface area contributed by atoms with Gasteiger partial charge >= 0.3 is 0 Å². The minimum Gasteiger partial charge on any atom is -0.458 e. The lowest BCUT2D eigenvalue weighted by atomic mass is 9.93. The van der Waals surface area contributed by atoms with Gasteiger partial charge in [0.1, 0.15) is 17.7 Å². The number of rotatable bonds is 2. The summed E-state index contributed by atoms with van der Waals surface area (Å²) in [5.41, 5.74) is 2.50. The molecule has 2 atom stereocenters. The third-order valence-electron chi connectivity index (χ3n) is 4.71. The third kappa shape index (κ3) is 3.06. The molecule has 4 rings (SSSR count). The minimum atomic E-state index is -1.22. The van der Waals surface area contributed by atoms with E-state index in [-0.39, 0.29) is 6.10 Å². The maximum Gasteiger partial charge on any atom is 0.238 e. The van der Waals surface area contributed by atoms with Gasteiger partial charge in [0.15, 0.2) is 0 Å². The fraction of sp³-hybridized carbons (Fsp3) is 0.300. The second kappa shape index (κ2) is 6.45. The molecule has 130 valence electrons. The van der Waals surface area contributed by atoms with Gasteiger partial charge in [0, 0.05) is 24.1 Å². The van der Waals surface area contributed by atoms with Crippen LogP contribution in [0.15, 0.2) is 54.1 Å². The average molecular weight is 360 g/mol. The summed E-state index contributed by atoms with van der Waals surface area (Å²) in [5.74, 6) is -0.943. The van der Waals surface area contributed by atoms with Crippen molar-refractivity contribution in [2.75, 3.05) is 13.1 Å². The molecule has 0 spiro atoms. The van der Waals surface area contributed by atoms with E-state index in [0.717, 1.165) is 30.8 Å². The van der Waals surface area contributed by atoms with Crippen LogP contribution in [-0.2, 0) is 10.5 Å². The van der Waals surface area contributed by atoms with Crippen molar-refractivity contribution in [3.8, 4) is 5.75 Å². The molecule has 0 saturated heterocycles. The fourth-order valence-corrected chi connectivity index (χ4v) is 3.60. The van der Waals surface area contributed by atoms with Gasteiger partial charge in [0.25, 0.3) is 0 Å². The minimum absolute atomic E-state index is 0.257. The lowest BCUT2D eigenvalue weighted by molar-refractivity contribution is -0.220. The molecule has 2 aromatic carbocycles. The van der Waals surface area contributed by atoms with Crippen LogP contribution in [0, 0.1) is 5.82 Å². The Labute approximate surface area is 151 Å². The second-order valence-electron chi connectivity index (χ2n) is 6.44. The van der Waals surface area contributed by atoms with Crippen molar-refractivity contribution in [2.24, 2.45) is 0 Å². The van der Waals surface area contributed by atoms with Crippen LogP contribution in [0.3, 0.4) is 0 Å². The summed E-state index contributed by atoms with van der Waals surface area (Å²) in [6.45, 7) is 3.47. The van der Waals surface area contributed by atoms with E-state index in [0.29, 0.717) is 10.6 Å². The highest BCUT2D eigenvalue weighted by molar-refractivity contribution is 6.30. The Balaban J connectivity index is 1.80. The summed E-state index contributed by atoms with van der Waals surface area (Å²) in [6.07, 6.45) is 2.78. The van der Waals surface area contributed by atoms with E-state index >= 15 is 0 Å². The Kier molecular flexibility index (Phi) is 4.28. The molecule has 0 saturated carbocycles. The standard InChI is InChI=1S/C20H19ClFNO2/c1-20(16-7-6-14(21)12-17(16)22)24-18-5-3-2-4-15(18)19(25-20)13-8-10-23-11-9-13/h2-8,12,19,23H,9-11H2,1H3. The predicted molar refractivity (Wildman–Crippen MR) is 95.2 cm³/mol. The van der Waals surface area contributed by atoms with Gasteiger partial charge in [-0.05, 0) is 42.8 Å². The van der Waals surface area contributed by atoms with Crippen molar-refractivity contribution in [1.82, 2.24) is 5.32 Å². The zero-order valence-electron chi connectivity index (χ0n) is 13.9. The molecule has 0 aromatic heterocycles. The van der Waals surface area contributed by atoms with Crippen LogP contribution in [0.4, 0.5) is 4.39 Å². The van der Waals surface area contributed by atoms with Crippen molar-refractivity contribution >= 4 is 11.6 Å². The monoisotopic (exact) mass is 359 g/mol. The summed E-state index contributed by atoms with van der Waals surface area (Å²) in [5, 5.41) is 3.65. The third-order valence-corrected chi connectivity index (χ3v) is 4.94. The first-order chi connectivity index (χ1) is 12.1. The molecule has 3 nitrogen and oxygen atoms in total. The van der Waals surface area contributed by atoms with E-state index in [1.807, 2.05) is 24.3 Å². The molecule has 0 bridgehead atoms. The first kappa shape index (κ1) is 16.6. The van der Waals surface area contributed by atoms with Gasteiger partial charge in [-0.1, -0.05) is 35.9 Å². The van der Waals surface area contributed by atoms with E-state index < -0.39 is 11.6 Å². The van der Waals surface area contributed by atoms with Crippen LogP contribution >= 0.6 is 11.6 Å². The largest absolute Gasteiger partial charge is 0.458 e. The normalized spacial score (nSPS) is 25.7. The number of benzene rings is 2. The van der Waals surface area contributed by atoms with Crippen molar-refractivity contribution in [3.05, 3.63) is 76.1 Å². The number of para-hydroxylation sites is 1. The van der Waals surface area contributed by atoms with Crippen LogP contribution in [0.1, 0.15) is 30.6 Å². The lowest BCUT2D eigenvalue weighted by Gasteiger charge is -2.41. The van der Waals surface area contributed by atoms with Crippen molar-refractivity contribution in [3.63, 3.8) is 0 Å². The molecular weight excluding hydrogens is 341 g/mol. The quantitative estimate of drug-likeness (QED) is 0.787. The molecule has 25 heavy (non-hydrogen) atoms. The Hall–Kier alpha value is -1.88. The molecule has 2 aromatic rings. The Morgan fingerprint density at radius 1 is 1.24 bits per heavy atom. The molecular formula is C20H19ClFNO2. The second-order valence-corrected chi connectivity index (χ2v) is 6.88. The number of ether oxygens (including phenoxy) is 2. The Morgan fingerprint density at radius 3 is 2.84 bits per heavy atom. The van der Waals surface area contributed by atoms with Crippen molar-refractivity contribution in [1.29, 1.82) is 0 Å². The van der Waals surface area contributed by atoms with Crippen molar-refractivity contribution in [2.45, 2.75) is 25.2 Å². The van der Waals surface area contributed by atoms with E-state index in [2.05, 4.69) is 11.4 Å². The number of hydrogen-bond donors (Lipinski definition) is 1. The average Bonchev–Trinajstić information content (AvgIpc) is 2.61. The summed E-state index contributed by atoms with van der Waals surface area (Å²) < 4.78 is 27.0. The molecule has 0 aliphatic carbocycles. The highest BCUT2D eigenvalue weighted by Crippen LogP contribution is 2.47. The molecule has 0 fully saturated rings. The van der Waals surface area contributed by atoms with Crippen LogP contribution in [0.25, 0.3) is 0 Å². The summed E-state index contributed by atoms with van der Waals surface area (Å²) >= 11 is 5.90. The zero-order valence-corrected chi connectivity index (χ0v) is 14.6. The van der Waals surface area contributed by atoms with Crippen LogP contribution in [0.5, 0.6) is 5.75 Å². The zero-order chi connectivity index (χ0) is 17.4. The molecule has 1 N–H and O–H groups in total. The first-order valence-electron chi connectivity index (χ1n) is 8.38. The summed E-state index contributed by atoms with van der Waals surface area (Å²) in [6, 6.07) is 12.3. The lowest BCUT2D eigenvalue weighted by Crippen LogP contribution is -2.40. The smallest absolute Gasteiger partial charge is 0.238 e. The molecule has 0 amide bonds. The Morgan fingerprint density at radius 2 is 2.08 bits per heavy atom. The highest BCUT2D eigenvalue weighted by Gasteiger charge is 2.42. The molecule has 0 radical (unpaired) electrons. The van der Waals surface area contributed by atoms with Gasteiger partial charge in [0.2, 0.25) is 5.79 Å². The van der Waals surface area contributed by atoms with Crippen LogP contribution < -0.4 is 10.1 Å². The maximum atomic E-state index is 14.6. The van der Waals surface area contributed by atoms with Gasteiger partial charge in [-0.15, -0.1) is 0 Å². The van der Waals surface area contributed by atoms with E-state index in [1.165, 1.54) is 11.6 Å². The first-order valence-corrected chi connectivity index (χ1v) is 8.75. The van der Waals surface area contributed by atoms with Gasteiger partial charge in [-0.3, -0.25) is 0 Å². The van der Waals surface area contributed by atoms with E-state index in [1.54, 1.807) is 19.1 Å². The van der Waals surface area contributed by atoms with Gasteiger partial charge in [0.05, 0.1) is 5.56 Å². The Bertz CT molecular complexity index is 838. The fourth-order valence-electron chi connectivity index (χ4n) is 3.44. The number of hydrogen-bond acceptors (Lipinski definition) is 3. The summed E-state index contributed by atoms with van der Waals surface area (Å²) in [4.78, 5) is 0. The SMILES string of the molecule is CC1(c2ccc(Cl)cc2F)Oc2ccccc2C(C2=CCNCC2)O1. The molecule has 2 aliphatic heterocycles. The summed E-state index contributed by atoms with van der Waals surface area (Å²) in [7, 11) is 0. The van der Waals surface area contributed by atoms with Crippen molar-refractivity contribution < 1.29 is 13.9 Å². The number of nitrogens with one attached hydrogen (secondary N) is 1. The highest BCUT2D eigenvalue weighted by atomic mass is 35.5. The van der Waals surface area contributed by atoms with Gasteiger partial charge in [-0.2, -0.15) is 0 Å². The molecule has 2 heterocycles. The van der Waals surface area contributed by atoms with E-state index in [9.17, 15) is 4.39 Å². The van der Waals surface area contributed by atoms with E-state index in [4.69, 9.17) is 21.1 Å². The molecule has 2 aliphatic rings. The molecule has 5 heteroatoms. The number of fused-ring (bicyclic) bond motifs is 1. The maximum absolute atomic E-state index is 14.6. The van der Waals surface area contributed by atoms with Crippen LogP contribution in [0.2, 0.25) is 5.02 Å². The van der Waals surface area contributed by atoms with Gasteiger partial charge < -0.3 is 14.8 Å². The topological polar surface area (TPSA) is 30.5 Å². The van der Waals surface area contributed by atoms with Crippen LogP contribution in [-0.4, -0.2) is 13.1 Å². The predicted octanol–water partition coefficient (Wildman–Crippen LogP) is 4.72. The van der Waals surface area contributed by atoms with Gasteiger partial charge in [-0.25, -0.2) is 4.39 Å².